The second-order valence-electron chi connectivity index (χ2n) is 15.0. The zero-order valence-electron chi connectivity index (χ0n) is 24.9. The van der Waals surface area contributed by atoms with Gasteiger partial charge in [-0.05, 0) is 92.8 Å². The number of aliphatic hydroxyl groups excluding tert-OH is 1. The summed E-state index contributed by atoms with van der Waals surface area (Å²) in [5.41, 5.74) is 1.32. The number of fused-ring (bicyclic) bond motifs is 5. The molecule has 1 saturated heterocycles. The third-order valence-corrected chi connectivity index (χ3v) is 13.1. The standard InChI is InChI=1S/C32H52O5/c1-28(2)24-11-10-22-21(30(24,5)15-14-25(28)33)13-17-31(6)20(12-16-32(22,31)7)19-18-23(37-27(19)35-8)26(34)29(3,4)36-9/h10,19-21,23-24,26-27,34H,11-18H2,1-9H3/t19-,20-,21-,23+,24-,26?,27+,30+,31-,32+/m0/s1. The fourth-order valence-corrected chi connectivity index (χ4v) is 10.3. The Morgan fingerprint density at radius 3 is 2.43 bits per heavy atom. The maximum Gasteiger partial charge on any atom is 0.160 e. The van der Waals surface area contributed by atoms with E-state index in [1.165, 1.54) is 25.7 Å². The topological polar surface area (TPSA) is 65.0 Å². The van der Waals surface area contributed by atoms with E-state index < -0.39 is 11.7 Å². The van der Waals surface area contributed by atoms with Crippen LogP contribution in [-0.4, -0.2) is 49.2 Å². The van der Waals surface area contributed by atoms with E-state index in [1.807, 2.05) is 13.8 Å². The summed E-state index contributed by atoms with van der Waals surface area (Å²) < 4.78 is 17.9. The predicted molar refractivity (Wildman–Crippen MR) is 145 cm³/mol. The maximum atomic E-state index is 12.9. The van der Waals surface area contributed by atoms with Crippen molar-refractivity contribution in [3.8, 4) is 0 Å². The number of carbonyl (C=O) groups is 1. The van der Waals surface area contributed by atoms with Crippen LogP contribution >= 0.6 is 0 Å². The fourth-order valence-electron chi connectivity index (χ4n) is 10.3. The summed E-state index contributed by atoms with van der Waals surface area (Å²) in [7, 11) is 3.40. The Morgan fingerprint density at radius 1 is 1.08 bits per heavy atom. The first kappa shape index (κ1) is 27.8. The van der Waals surface area contributed by atoms with Crippen molar-refractivity contribution < 1.29 is 24.1 Å². The lowest BCUT2D eigenvalue weighted by atomic mass is 9.41. The number of allylic oxidation sites excluding steroid dienone is 2. The van der Waals surface area contributed by atoms with Gasteiger partial charge in [-0.15, -0.1) is 0 Å². The average molecular weight is 517 g/mol. The highest BCUT2D eigenvalue weighted by Gasteiger charge is 2.66. The van der Waals surface area contributed by atoms with E-state index in [0.717, 1.165) is 25.7 Å². The summed E-state index contributed by atoms with van der Waals surface area (Å²) >= 11 is 0. The normalized spacial score (nSPS) is 48.2. The highest BCUT2D eigenvalue weighted by Crippen LogP contribution is 2.73. The summed E-state index contributed by atoms with van der Waals surface area (Å²) in [5, 5.41) is 11.1. The number of hydrogen-bond acceptors (Lipinski definition) is 5. The first-order chi connectivity index (χ1) is 17.2. The number of methoxy groups -OCH3 is 2. The molecule has 4 aliphatic carbocycles. The molecular formula is C32H52O5. The molecule has 0 aromatic heterocycles. The number of aliphatic hydroxyl groups is 1. The van der Waals surface area contributed by atoms with Crippen LogP contribution in [0.3, 0.4) is 0 Å². The molecule has 0 aromatic rings. The fraction of sp³-hybridized carbons (Fsp3) is 0.906. The van der Waals surface area contributed by atoms with Crippen molar-refractivity contribution in [3.05, 3.63) is 11.6 Å². The number of Topliss-reactive ketones (excluding diaryl/α,β-unsaturated/α-hetero) is 1. The van der Waals surface area contributed by atoms with Crippen LogP contribution in [0.5, 0.6) is 0 Å². The smallest absolute Gasteiger partial charge is 0.160 e. The second-order valence-corrected chi connectivity index (χ2v) is 15.0. The van der Waals surface area contributed by atoms with E-state index >= 15 is 0 Å². The minimum Gasteiger partial charge on any atom is -0.387 e. The van der Waals surface area contributed by atoms with Crippen LogP contribution in [0.25, 0.3) is 0 Å². The molecular weight excluding hydrogens is 464 g/mol. The van der Waals surface area contributed by atoms with Gasteiger partial charge in [-0.2, -0.15) is 0 Å². The molecule has 0 aromatic carbocycles. The molecule has 10 atom stereocenters. The zero-order chi connectivity index (χ0) is 27.2. The molecule has 5 aliphatic rings. The van der Waals surface area contributed by atoms with E-state index in [0.29, 0.717) is 23.5 Å². The van der Waals surface area contributed by atoms with Crippen molar-refractivity contribution in [3.63, 3.8) is 0 Å². The number of hydrogen-bond donors (Lipinski definition) is 1. The number of carbonyl (C=O) groups excluding carboxylic acids is 1. The van der Waals surface area contributed by atoms with Crippen LogP contribution in [0.4, 0.5) is 0 Å². The molecule has 3 saturated carbocycles. The lowest BCUT2D eigenvalue weighted by Gasteiger charge is -2.63. The molecule has 0 spiro atoms. The van der Waals surface area contributed by atoms with Gasteiger partial charge in [-0.25, -0.2) is 0 Å². The zero-order valence-corrected chi connectivity index (χ0v) is 24.9. The lowest BCUT2D eigenvalue weighted by Crippen LogP contribution is -2.57. The largest absolute Gasteiger partial charge is 0.387 e. The Kier molecular flexibility index (Phi) is 6.67. The van der Waals surface area contributed by atoms with Gasteiger partial charge in [0.1, 0.15) is 11.9 Å². The second kappa shape index (κ2) is 8.88. The van der Waals surface area contributed by atoms with Crippen molar-refractivity contribution in [2.75, 3.05) is 14.2 Å². The van der Waals surface area contributed by atoms with Crippen LogP contribution in [0.1, 0.15) is 99.8 Å². The Morgan fingerprint density at radius 2 is 1.78 bits per heavy atom. The molecule has 37 heavy (non-hydrogen) atoms. The van der Waals surface area contributed by atoms with Crippen molar-refractivity contribution in [2.45, 2.75) is 124 Å². The Bertz CT molecular complexity index is 953. The van der Waals surface area contributed by atoms with E-state index in [2.05, 4.69) is 40.7 Å². The minimum absolute atomic E-state index is 0.154. The van der Waals surface area contributed by atoms with Gasteiger partial charge in [0.05, 0.1) is 11.7 Å². The molecule has 0 bridgehead atoms. The average Bonchev–Trinajstić information content (AvgIpc) is 3.39. The molecule has 0 amide bonds. The summed E-state index contributed by atoms with van der Waals surface area (Å²) in [6, 6.07) is 0. The van der Waals surface area contributed by atoms with Crippen LogP contribution < -0.4 is 0 Å². The highest BCUT2D eigenvalue weighted by molar-refractivity contribution is 5.85. The number of ether oxygens (including phenoxy) is 3. The summed E-state index contributed by atoms with van der Waals surface area (Å²) in [6.45, 7) is 15.9. The predicted octanol–water partition coefficient (Wildman–Crippen LogP) is 6.32. The maximum absolute atomic E-state index is 12.9. The lowest BCUT2D eigenvalue weighted by molar-refractivity contribution is -0.189. The van der Waals surface area contributed by atoms with Crippen molar-refractivity contribution in [1.29, 1.82) is 0 Å². The highest BCUT2D eigenvalue weighted by atomic mass is 16.7. The Labute approximate surface area is 225 Å². The Balaban J connectivity index is 1.44. The van der Waals surface area contributed by atoms with Crippen molar-refractivity contribution in [2.24, 2.45) is 45.3 Å². The summed E-state index contributed by atoms with van der Waals surface area (Å²) in [6.07, 6.45) is 9.70. The third-order valence-electron chi connectivity index (χ3n) is 13.1. The van der Waals surface area contributed by atoms with Gasteiger partial charge in [0.2, 0.25) is 0 Å². The molecule has 1 unspecified atom stereocenters. The van der Waals surface area contributed by atoms with E-state index in [9.17, 15) is 9.90 Å². The molecule has 1 heterocycles. The summed E-state index contributed by atoms with van der Waals surface area (Å²) in [4.78, 5) is 12.9. The first-order valence-electron chi connectivity index (χ1n) is 14.8. The molecule has 1 N–H and O–H groups in total. The quantitative estimate of drug-likeness (QED) is 0.433. The molecule has 5 heteroatoms. The molecule has 5 nitrogen and oxygen atoms in total. The van der Waals surface area contributed by atoms with Gasteiger partial charge in [-0.3, -0.25) is 4.79 Å². The van der Waals surface area contributed by atoms with E-state index in [4.69, 9.17) is 14.2 Å². The minimum atomic E-state index is -0.702. The van der Waals surface area contributed by atoms with Gasteiger partial charge < -0.3 is 19.3 Å². The summed E-state index contributed by atoms with van der Waals surface area (Å²) in [5.74, 6) is 2.22. The van der Waals surface area contributed by atoms with Crippen molar-refractivity contribution in [1.82, 2.24) is 0 Å². The SMILES string of the molecule is CO[C@@H]1O[C@@H](C(O)C(C)(C)OC)C[C@H]1[C@@H]1CC[C@]2(C)C3=CC[C@H]4C(C)(C)C(=O)CC[C@]4(C)[C@H]3CC[C@@]12C. The van der Waals surface area contributed by atoms with Crippen molar-refractivity contribution >= 4 is 5.78 Å². The van der Waals surface area contributed by atoms with E-state index in [-0.39, 0.29) is 40.0 Å². The molecule has 0 radical (unpaired) electrons. The monoisotopic (exact) mass is 516 g/mol. The first-order valence-corrected chi connectivity index (χ1v) is 14.8. The van der Waals surface area contributed by atoms with Gasteiger partial charge in [0.25, 0.3) is 0 Å². The van der Waals surface area contributed by atoms with Crippen LogP contribution in [0.2, 0.25) is 0 Å². The third kappa shape index (κ3) is 3.73. The molecule has 5 rings (SSSR count). The van der Waals surface area contributed by atoms with Gasteiger partial charge in [0.15, 0.2) is 6.29 Å². The van der Waals surface area contributed by atoms with E-state index in [1.54, 1.807) is 19.8 Å². The van der Waals surface area contributed by atoms with Gasteiger partial charge in [0, 0.05) is 32.0 Å². The molecule has 210 valence electrons. The van der Waals surface area contributed by atoms with Crippen LogP contribution in [0.15, 0.2) is 11.6 Å². The van der Waals surface area contributed by atoms with Gasteiger partial charge in [-0.1, -0.05) is 46.3 Å². The molecule has 1 aliphatic heterocycles. The number of ketones is 1. The Hall–Kier alpha value is -0.750. The molecule has 4 fully saturated rings. The van der Waals surface area contributed by atoms with Crippen LogP contribution in [0, 0.1) is 45.3 Å². The van der Waals surface area contributed by atoms with Crippen LogP contribution in [-0.2, 0) is 19.0 Å². The van der Waals surface area contributed by atoms with Gasteiger partial charge >= 0.3 is 0 Å². The number of rotatable bonds is 5.